The molecule has 3 aromatic rings. The molecule has 0 atom stereocenters. The molecule has 0 spiro atoms. The number of carbonyl (C=O) groups is 1. The van der Waals surface area contributed by atoms with E-state index in [9.17, 15) is 4.79 Å². The van der Waals surface area contributed by atoms with E-state index in [2.05, 4.69) is 4.98 Å². The molecular weight excluding hydrogens is 274 g/mol. The van der Waals surface area contributed by atoms with Gasteiger partial charge in [-0.25, -0.2) is 0 Å². The molecule has 0 fully saturated rings. The average molecular weight is 289 g/mol. The van der Waals surface area contributed by atoms with Crippen LogP contribution in [0.25, 0.3) is 11.1 Å². The highest BCUT2D eigenvalue weighted by atomic mass is 16.5. The van der Waals surface area contributed by atoms with Crippen LogP contribution in [0.15, 0.2) is 72.9 Å². The molecule has 3 rings (SSSR count). The van der Waals surface area contributed by atoms with Crippen LogP contribution in [0.4, 0.5) is 0 Å². The van der Waals surface area contributed by atoms with Crippen LogP contribution in [0.1, 0.15) is 16.1 Å². The molecule has 0 radical (unpaired) electrons. The summed E-state index contributed by atoms with van der Waals surface area (Å²) in [5.74, 6) is 0.798. The van der Waals surface area contributed by atoms with Gasteiger partial charge >= 0.3 is 0 Å². The highest BCUT2D eigenvalue weighted by Gasteiger charge is 2.06. The molecule has 108 valence electrons. The summed E-state index contributed by atoms with van der Waals surface area (Å²) in [5, 5.41) is 0. The molecular formula is C19H15NO2. The second kappa shape index (κ2) is 6.68. The summed E-state index contributed by atoms with van der Waals surface area (Å²) >= 11 is 0. The molecule has 0 aliphatic carbocycles. The van der Waals surface area contributed by atoms with Crippen molar-refractivity contribution in [1.82, 2.24) is 4.98 Å². The van der Waals surface area contributed by atoms with Crippen molar-refractivity contribution in [3.63, 3.8) is 0 Å². The lowest BCUT2D eigenvalue weighted by Crippen LogP contribution is -1.97. The van der Waals surface area contributed by atoms with E-state index in [0.29, 0.717) is 12.3 Å². The molecule has 0 N–H and O–H groups in total. The van der Waals surface area contributed by atoms with Crippen molar-refractivity contribution in [3.8, 4) is 16.9 Å². The molecule has 0 aliphatic rings. The topological polar surface area (TPSA) is 39.2 Å². The monoisotopic (exact) mass is 289 g/mol. The summed E-state index contributed by atoms with van der Waals surface area (Å²) in [7, 11) is 0. The molecule has 0 saturated heterocycles. The minimum absolute atomic E-state index is 0.423. The first-order valence-electron chi connectivity index (χ1n) is 7.04. The summed E-state index contributed by atoms with van der Waals surface area (Å²) in [5.41, 5.74) is 3.43. The predicted molar refractivity (Wildman–Crippen MR) is 85.8 cm³/mol. The Labute approximate surface area is 129 Å². The number of aromatic nitrogens is 1. The molecule has 0 unspecified atom stereocenters. The average Bonchev–Trinajstić information content (AvgIpc) is 2.61. The zero-order valence-electron chi connectivity index (χ0n) is 12.0. The molecule has 0 saturated carbocycles. The Morgan fingerprint density at radius 1 is 0.909 bits per heavy atom. The van der Waals surface area contributed by atoms with Crippen LogP contribution >= 0.6 is 0 Å². The van der Waals surface area contributed by atoms with Gasteiger partial charge in [0.05, 0.1) is 0 Å². The number of benzene rings is 2. The predicted octanol–water partition coefficient (Wildman–Crippen LogP) is 4.14. The maximum absolute atomic E-state index is 10.7. The molecule has 1 heterocycles. The second-order valence-corrected chi connectivity index (χ2v) is 4.86. The molecule has 1 aromatic heterocycles. The number of ether oxygens (including phenoxy) is 1. The fourth-order valence-corrected chi connectivity index (χ4v) is 2.20. The molecule has 22 heavy (non-hydrogen) atoms. The van der Waals surface area contributed by atoms with Crippen LogP contribution in [0.5, 0.6) is 5.75 Å². The summed E-state index contributed by atoms with van der Waals surface area (Å²) in [6, 6.07) is 21.4. The molecule has 0 aliphatic heterocycles. The Balaban J connectivity index is 1.84. The number of rotatable bonds is 5. The van der Waals surface area contributed by atoms with E-state index in [1.54, 1.807) is 12.3 Å². The highest BCUT2D eigenvalue weighted by Crippen LogP contribution is 2.29. The van der Waals surface area contributed by atoms with Gasteiger partial charge in [-0.15, -0.1) is 0 Å². The van der Waals surface area contributed by atoms with Crippen LogP contribution in [0.3, 0.4) is 0 Å². The van der Waals surface area contributed by atoms with E-state index in [1.165, 1.54) is 0 Å². The van der Waals surface area contributed by atoms with Crippen LogP contribution in [-0.2, 0) is 6.61 Å². The maximum atomic E-state index is 10.7. The van der Waals surface area contributed by atoms with Gasteiger partial charge in [0, 0.05) is 17.3 Å². The lowest BCUT2D eigenvalue weighted by atomic mass is 10.1. The van der Waals surface area contributed by atoms with Crippen LogP contribution in [0.2, 0.25) is 0 Å². The normalized spacial score (nSPS) is 10.2. The van der Waals surface area contributed by atoms with Crippen molar-refractivity contribution in [3.05, 3.63) is 84.2 Å². The van der Waals surface area contributed by atoms with Gasteiger partial charge in [0.1, 0.15) is 18.1 Å². The maximum Gasteiger partial charge on any atom is 0.168 e. The van der Waals surface area contributed by atoms with E-state index >= 15 is 0 Å². The Kier molecular flexibility index (Phi) is 4.25. The van der Waals surface area contributed by atoms with Crippen LogP contribution < -0.4 is 4.74 Å². The number of pyridine rings is 1. The van der Waals surface area contributed by atoms with Gasteiger partial charge in [0.15, 0.2) is 6.29 Å². The quantitative estimate of drug-likeness (QED) is 0.663. The first-order valence-corrected chi connectivity index (χ1v) is 7.04. The fraction of sp³-hybridized carbons (Fsp3) is 0.0526. The van der Waals surface area contributed by atoms with Crippen molar-refractivity contribution in [2.45, 2.75) is 6.61 Å². The third kappa shape index (κ3) is 3.20. The summed E-state index contributed by atoms with van der Waals surface area (Å²) in [6.07, 6.45) is 2.43. The minimum atomic E-state index is 0.423. The van der Waals surface area contributed by atoms with Gasteiger partial charge < -0.3 is 4.74 Å². The van der Waals surface area contributed by atoms with Crippen molar-refractivity contribution in [1.29, 1.82) is 0 Å². The number of para-hydroxylation sites is 1. The van der Waals surface area contributed by atoms with E-state index in [0.717, 1.165) is 28.7 Å². The van der Waals surface area contributed by atoms with E-state index < -0.39 is 0 Å². The van der Waals surface area contributed by atoms with Crippen LogP contribution in [0, 0.1) is 0 Å². The Morgan fingerprint density at radius 3 is 2.41 bits per heavy atom. The number of nitrogens with zero attached hydrogens (tertiary/aromatic N) is 1. The zero-order chi connectivity index (χ0) is 15.2. The first kappa shape index (κ1) is 14.0. The fourth-order valence-electron chi connectivity index (χ4n) is 2.20. The molecule has 2 aromatic carbocycles. The number of hydrogen-bond donors (Lipinski definition) is 0. The van der Waals surface area contributed by atoms with Gasteiger partial charge in [0.25, 0.3) is 0 Å². The van der Waals surface area contributed by atoms with Crippen molar-refractivity contribution >= 4 is 6.29 Å². The molecule has 3 heteroatoms. The minimum Gasteiger partial charge on any atom is -0.488 e. The van der Waals surface area contributed by atoms with Gasteiger partial charge in [-0.1, -0.05) is 54.6 Å². The van der Waals surface area contributed by atoms with E-state index in [-0.39, 0.29) is 0 Å². The van der Waals surface area contributed by atoms with E-state index in [4.69, 9.17) is 4.74 Å². The van der Waals surface area contributed by atoms with Crippen LogP contribution in [-0.4, -0.2) is 11.3 Å². The molecule has 0 amide bonds. The van der Waals surface area contributed by atoms with Crippen molar-refractivity contribution < 1.29 is 9.53 Å². The third-order valence-corrected chi connectivity index (χ3v) is 3.34. The first-order chi connectivity index (χ1) is 10.9. The Bertz CT molecular complexity index is 752. The van der Waals surface area contributed by atoms with Crippen molar-refractivity contribution in [2.75, 3.05) is 0 Å². The van der Waals surface area contributed by atoms with Gasteiger partial charge in [-0.05, 0) is 17.7 Å². The largest absolute Gasteiger partial charge is 0.488 e. The summed E-state index contributed by atoms with van der Waals surface area (Å²) < 4.78 is 5.94. The summed E-state index contributed by atoms with van der Waals surface area (Å²) in [4.78, 5) is 14.8. The SMILES string of the molecule is O=Cc1ccc(-c2ccccc2OCc2ccccc2)cn1. The van der Waals surface area contributed by atoms with E-state index in [1.807, 2.05) is 60.7 Å². The van der Waals surface area contributed by atoms with Gasteiger partial charge in [-0.3, -0.25) is 9.78 Å². The number of aldehydes is 1. The zero-order valence-corrected chi connectivity index (χ0v) is 12.0. The molecule has 0 bridgehead atoms. The number of carbonyl (C=O) groups excluding carboxylic acids is 1. The second-order valence-electron chi connectivity index (χ2n) is 4.86. The lowest BCUT2D eigenvalue weighted by Gasteiger charge is -2.11. The smallest absolute Gasteiger partial charge is 0.168 e. The Morgan fingerprint density at radius 2 is 1.68 bits per heavy atom. The third-order valence-electron chi connectivity index (χ3n) is 3.34. The van der Waals surface area contributed by atoms with Crippen molar-refractivity contribution in [2.24, 2.45) is 0 Å². The highest BCUT2D eigenvalue weighted by molar-refractivity contribution is 5.75. The molecule has 3 nitrogen and oxygen atoms in total. The lowest BCUT2D eigenvalue weighted by molar-refractivity contribution is 0.111. The summed E-state index contributed by atoms with van der Waals surface area (Å²) in [6.45, 7) is 0.512. The Hall–Kier alpha value is -2.94. The standard InChI is InChI=1S/C19H15NO2/c21-13-17-11-10-16(12-20-17)18-8-4-5-9-19(18)22-14-15-6-2-1-3-7-15/h1-13H,14H2. The number of hydrogen-bond acceptors (Lipinski definition) is 3. The van der Waals surface area contributed by atoms with Gasteiger partial charge in [-0.2, -0.15) is 0 Å². The van der Waals surface area contributed by atoms with Gasteiger partial charge in [0.2, 0.25) is 0 Å².